The molecule has 1 N–H and O–H groups in total. The molecule has 1 aromatic carbocycles. The van der Waals surface area contributed by atoms with E-state index in [1.165, 1.54) is 4.90 Å². The van der Waals surface area contributed by atoms with E-state index in [0.717, 1.165) is 5.56 Å². The van der Waals surface area contributed by atoms with Crippen molar-refractivity contribution < 1.29 is 4.79 Å². The highest BCUT2D eigenvalue weighted by atomic mass is 32.2. The predicted molar refractivity (Wildman–Crippen MR) is 77.6 cm³/mol. The van der Waals surface area contributed by atoms with Crippen LogP contribution in [0, 0.1) is 12.3 Å². The lowest BCUT2D eigenvalue weighted by atomic mass is 10.1. The molecule has 0 aliphatic rings. The van der Waals surface area contributed by atoms with Gasteiger partial charge in [0.1, 0.15) is 0 Å². The van der Waals surface area contributed by atoms with Crippen LogP contribution in [0.5, 0.6) is 0 Å². The van der Waals surface area contributed by atoms with E-state index in [-0.39, 0.29) is 5.91 Å². The van der Waals surface area contributed by atoms with Gasteiger partial charge < -0.3 is 5.32 Å². The Morgan fingerprint density at radius 1 is 1.39 bits per heavy atom. The third-order valence-electron chi connectivity index (χ3n) is 2.25. The molecular formula is C15H19NOS. The van der Waals surface area contributed by atoms with Crippen LogP contribution in [0.4, 0.5) is 0 Å². The van der Waals surface area contributed by atoms with Crippen molar-refractivity contribution in [3.8, 4) is 12.3 Å². The molecule has 0 fully saturated rings. The van der Waals surface area contributed by atoms with Gasteiger partial charge in [0.25, 0.3) is 0 Å². The van der Waals surface area contributed by atoms with E-state index in [1.807, 2.05) is 23.9 Å². The fraction of sp³-hybridized carbons (Fsp3) is 0.400. The molecule has 0 aliphatic heterocycles. The fourth-order valence-electron chi connectivity index (χ4n) is 1.48. The molecule has 0 aliphatic carbocycles. The van der Waals surface area contributed by atoms with Gasteiger partial charge in [-0.15, -0.1) is 24.1 Å². The number of carbonyl (C=O) groups excluding carboxylic acids is 1. The number of amides is 1. The van der Waals surface area contributed by atoms with E-state index < -0.39 is 0 Å². The van der Waals surface area contributed by atoms with Gasteiger partial charge in [-0.1, -0.05) is 26.0 Å². The fourth-order valence-corrected chi connectivity index (χ4v) is 2.32. The summed E-state index contributed by atoms with van der Waals surface area (Å²) >= 11 is 1.82. The first kappa shape index (κ1) is 14.7. The van der Waals surface area contributed by atoms with E-state index >= 15 is 0 Å². The minimum Gasteiger partial charge on any atom is -0.355 e. The summed E-state index contributed by atoms with van der Waals surface area (Å²) in [7, 11) is 0. The van der Waals surface area contributed by atoms with Crippen LogP contribution in [0.15, 0.2) is 29.2 Å². The summed E-state index contributed by atoms with van der Waals surface area (Å²) in [6.45, 7) is 4.88. The number of thioether (sulfide) groups is 1. The van der Waals surface area contributed by atoms with Crippen molar-refractivity contribution in [2.24, 2.45) is 0 Å². The molecule has 0 radical (unpaired) electrons. The summed E-state index contributed by atoms with van der Waals surface area (Å²) in [6.07, 6.45) is 6.11. The number of nitrogens with one attached hydrogen (secondary N) is 1. The molecule has 0 saturated carbocycles. The molecule has 3 heteroatoms. The smallest absolute Gasteiger partial charge is 0.224 e. The van der Waals surface area contributed by atoms with Gasteiger partial charge in [0.05, 0.1) is 6.42 Å². The van der Waals surface area contributed by atoms with Crippen molar-refractivity contribution in [1.82, 2.24) is 5.32 Å². The summed E-state index contributed by atoms with van der Waals surface area (Å²) in [5.74, 6) is 2.52. The molecule has 0 aromatic heterocycles. The molecule has 96 valence electrons. The normalized spacial score (nSPS) is 10.1. The van der Waals surface area contributed by atoms with Gasteiger partial charge in [-0.25, -0.2) is 0 Å². The quantitative estimate of drug-likeness (QED) is 0.485. The zero-order valence-corrected chi connectivity index (χ0v) is 11.7. The van der Waals surface area contributed by atoms with Gasteiger partial charge >= 0.3 is 0 Å². The lowest BCUT2D eigenvalue weighted by molar-refractivity contribution is -0.120. The van der Waals surface area contributed by atoms with Crippen LogP contribution in [0.3, 0.4) is 0 Å². The van der Waals surface area contributed by atoms with Gasteiger partial charge in [-0.05, 0) is 17.7 Å². The molecule has 1 amide bonds. The van der Waals surface area contributed by atoms with E-state index in [2.05, 4.69) is 37.2 Å². The zero-order chi connectivity index (χ0) is 13.4. The van der Waals surface area contributed by atoms with Crippen molar-refractivity contribution in [3.05, 3.63) is 29.8 Å². The second-order valence-electron chi connectivity index (χ2n) is 4.29. The Morgan fingerprint density at radius 2 is 2.06 bits per heavy atom. The first-order valence-corrected chi connectivity index (χ1v) is 6.95. The Kier molecular flexibility index (Phi) is 6.38. The Balaban J connectivity index is 2.43. The maximum Gasteiger partial charge on any atom is 0.224 e. The summed E-state index contributed by atoms with van der Waals surface area (Å²) in [4.78, 5) is 12.8. The van der Waals surface area contributed by atoms with Gasteiger partial charge in [0.15, 0.2) is 0 Å². The average molecular weight is 261 g/mol. The van der Waals surface area contributed by atoms with Crippen LogP contribution < -0.4 is 5.32 Å². The highest BCUT2D eigenvalue weighted by molar-refractivity contribution is 7.99. The van der Waals surface area contributed by atoms with Crippen LogP contribution in [-0.2, 0) is 11.2 Å². The average Bonchev–Trinajstić information content (AvgIpc) is 2.31. The van der Waals surface area contributed by atoms with Crippen LogP contribution in [0.1, 0.15) is 25.8 Å². The van der Waals surface area contributed by atoms with Gasteiger partial charge in [-0.2, -0.15) is 0 Å². The lowest BCUT2D eigenvalue weighted by Gasteiger charge is -2.06. The molecule has 0 atom stereocenters. The molecule has 18 heavy (non-hydrogen) atoms. The Morgan fingerprint density at radius 3 is 2.61 bits per heavy atom. The minimum atomic E-state index is 0.0227. The third-order valence-corrected chi connectivity index (χ3v) is 3.27. The standard InChI is InChI=1S/C15H19NOS/c1-4-5-10-16-15(17)11-13-6-8-14(9-7-13)18-12(2)3/h1,6-9,12H,5,10-11H2,2-3H3,(H,16,17). The van der Waals surface area contributed by atoms with Crippen LogP contribution in [-0.4, -0.2) is 17.7 Å². The first-order valence-electron chi connectivity index (χ1n) is 6.07. The molecule has 2 nitrogen and oxygen atoms in total. The molecular weight excluding hydrogens is 242 g/mol. The summed E-state index contributed by atoms with van der Waals surface area (Å²) in [5.41, 5.74) is 1.03. The number of hydrogen-bond acceptors (Lipinski definition) is 2. The molecule has 0 heterocycles. The first-order chi connectivity index (χ1) is 8.61. The largest absolute Gasteiger partial charge is 0.355 e. The molecule has 1 aromatic rings. The van der Waals surface area contributed by atoms with Crippen LogP contribution in [0.25, 0.3) is 0 Å². The molecule has 0 saturated heterocycles. The second kappa shape index (κ2) is 7.84. The number of benzene rings is 1. The summed E-state index contributed by atoms with van der Waals surface area (Å²) < 4.78 is 0. The summed E-state index contributed by atoms with van der Waals surface area (Å²) in [6, 6.07) is 8.14. The molecule has 1 rings (SSSR count). The molecule has 0 bridgehead atoms. The molecule has 0 unspecified atom stereocenters. The van der Waals surface area contributed by atoms with Crippen LogP contribution >= 0.6 is 11.8 Å². The molecule has 0 spiro atoms. The van der Waals surface area contributed by atoms with E-state index in [9.17, 15) is 4.79 Å². The monoisotopic (exact) mass is 261 g/mol. The minimum absolute atomic E-state index is 0.0227. The van der Waals surface area contributed by atoms with Crippen molar-refractivity contribution in [1.29, 1.82) is 0 Å². The van der Waals surface area contributed by atoms with E-state index in [0.29, 0.717) is 24.6 Å². The number of terminal acetylenes is 1. The number of carbonyl (C=O) groups is 1. The van der Waals surface area contributed by atoms with Crippen molar-refractivity contribution in [2.45, 2.75) is 36.8 Å². The number of hydrogen-bond donors (Lipinski definition) is 1. The van der Waals surface area contributed by atoms with Gasteiger partial charge in [0.2, 0.25) is 5.91 Å². The van der Waals surface area contributed by atoms with E-state index in [4.69, 9.17) is 6.42 Å². The topological polar surface area (TPSA) is 29.1 Å². The SMILES string of the molecule is C#CCCNC(=O)Cc1ccc(SC(C)C)cc1. The summed E-state index contributed by atoms with van der Waals surface area (Å²) in [5, 5.41) is 3.36. The van der Waals surface area contributed by atoms with Crippen molar-refractivity contribution in [2.75, 3.05) is 6.54 Å². The highest BCUT2D eigenvalue weighted by Gasteiger charge is 2.03. The van der Waals surface area contributed by atoms with Crippen LogP contribution in [0.2, 0.25) is 0 Å². The Bertz CT molecular complexity index is 417. The van der Waals surface area contributed by atoms with Gasteiger partial charge in [0, 0.05) is 23.1 Å². The van der Waals surface area contributed by atoms with Crippen molar-refractivity contribution >= 4 is 17.7 Å². The number of rotatable bonds is 6. The highest BCUT2D eigenvalue weighted by Crippen LogP contribution is 2.22. The Labute approximate surface area is 114 Å². The third kappa shape index (κ3) is 5.79. The van der Waals surface area contributed by atoms with E-state index in [1.54, 1.807) is 0 Å². The lowest BCUT2D eigenvalue weighted by Crippen LogP contribution is -2.25. The maximum atomic E-state index is 11.6. The van der Waals surface area contributed by atoms with Crippen molar-refractivity contribution in [3.63, 3.8) is 0 Å². The second-order valence-corrected chi connectivity index (χ2v) is 5.94. The van der Waals surface area contributed by atoms with Gasteiger partial charge in [-0.3, -0.25) is 4.79 Å². The predicted octanol–water partition coefficient (Wildman–Crippen LogP) is 2.87. The Hall–Kier alpha value is -1.40. The maximum absolute atomic E-state index is 11.6. The zero-order valence-electron chi connectivity index (χ0n) is 10.9.